The van der Waals surface area contributed by atoms with Crippen LogP contribution in [0.3, 0.4) is 0 Å². The molecular weight excluding hydrogens is 330 g/mol. The first-order valence-electron chi connectivity index (χ1n) is 11.4. The number of anilines is 2. The number of rotatable bonds is 2. The van der Waals surface area contributed by atoms with Crippen molar-refractivity contribution in [2.24, 2.45) is 23.7 Å². The fourth-order valence-corrected chi connectivity index (χ4v) is 6.97. The molecule has 0 amide bonds. The minimum Gasteiger partial charge on any atom is -0.360 e. The number of fused-ring (bicyclic) bond motifs is 2. The van der Waals surface area contributed by atoms with Crippen molar-refractivity contribution in [2.45, 2.75) is 70.9 Å². The Kier molecular flexibility index (Phi) is 4.83. The molecule has 3 fully saturated rings. The highest BCUT2D eigenvalue weighted by Gasteiger charge is 2.43. The number of benzene rings is 1. The van der Waals surface area contributed by atoms with Gasteiger partial charge in [-0.15, -0.1) is 0 Å². The second-order valence-electron chi connectivity index (χ2n) is 9.84. The zero-order valence-corrected chi connectivity index (χ0v) is 17.1. The highest BCUT2D eigenvalue weighted by molar-refractivity contribution is 5.77. The quantitative estimate of drug-likeness (QED) is 0.761. The summed E-state index contributed by atoms with van der Waals surface area (Å²) in [7, 11) is 0. The molecule has 27 heavy (non-hydrogen) atoms. The maximum absolute atomic E-state index is 3.46. The van der Waals surface area contributed by atoms with Gasteiger partial charge >= 0.3 is 0 Å². The van der Waals surface area contributed by atoms with E-state index < -0.39 is 0 Å². The highest BCUT2D eigenvalue weighted by Crippen LogP contribution is 2.48. The molecule has 147 valence electrons. The second-order valence-corrected chi connectivity index (χ2v) is 9.84. The summed E-state index contributed by atoms with van der Waals surface area (Å²) in [5.41, 5.74) is 2.63. The van der Waals surface area contributed by atoms with Gasteiger partial charge < -0.3 is 10.2 Å². The largest absolute Gasteiger partial charge is 0.360 e. The van der Waals surface area contributed by atoms with Crippen LogP contribution in [0.5, 0.6) is 0 Å². The van der Waals surface area contributed by atoms with Gasteiger partial charge in [-0.05, 0) is 74.3 Å². The number of piperidine rings is 1. The van der Waals surface area contributed by atoms with Gasteiger partial charge in [0.15, 0.2) is 0 Å². The van der Waals surface area contributed by atoms with E-state index in [4.69, 9.17) is 0 Å². The normalized spacial score (nSPS) is 37.6. The van der Waals surface area contributed by atoms with Crippen LogP contribution >= 0.6 is 0 Å². The first kappa shape index (κ1) is 17.8. The van der Waals surface area contributed by atoms with Gasteiger partial charge in [0.05, 0.1) is 11.4 Å². The van der Waals surface area contributed by atoms with Gasteiger partial charge in [-0.25, -0.2) is 0 Å². The van der Waals surface area contributed by atoms with E-state index in [-0.39, 0.29) is 0 Å². The van der Waals surface area contributed by atoms with E-state index in [1.165, 1.54) is 69.4 Å². The van der Waals surface area contributed by atoms with Crippen molar-refractivity contribution in [1.82, 2.24) is 4.90 Å². The standard InChI is InChI=1S/C24H36N3/c1-17-14-18(2)20-6-5-9-23(21(20)15-17)26-12-10-19(11-13-26)27-16-25-22-7-3-4-8-24(22)27/h3-4,7-8,16-21,23,25H,5-6,9-15H2,1-2H3. The molecule has 0 spiro atoms. The van der Waals surface area contributed by atoms with Crippen molar-refractivity contribution in [3.63, 3.8) is 0 Å². The lowest BCUT2D eigenvalue weighted by Crippen LogP contribution is -2.53. The molecule has 5 rings (SSSR count). The van der Waals surface area contributed by atoms with Crippen molar-refractivity contribution < 1.29 is 0 Å². The zero-order valence-electron chi connectivity index (χ0n) is 17.1. The lowest BCUT2D eigenvalue weighted by molar-refractivity contribution is -0.00869. The molecule has 0 aromatic heterocycles. The molecule has 4 aliphatic rings. The molecule has 1 aromatic rings. The second kappa shape index (κ2) is 7.31. The number of para-hydroxylation sites is 2. The predicted molar refractivity (Wildman–Crippen MR) is 114 cm³/mol. The van der Waals surface area contributed by atoms with E-state index in [0.717, 1.165) is 29.7 Å². The van der Waals surface area contributed by atoms with Gasteiger partial charge in [0.25, 0.3) is 0 Å². The van der Waals surface area contributed by atoms with E-state index in [2.05, 4.69) is 59.9 Å². The van der Waals surface area contributed by atoms with Crippen molar-refractivity contribution in [3.05, 3.63) is 30.9 Å². The Labute approximate surface area is 165 Å². The first-order valence-corrected chi connectivity index (χ1v) is 11.4. The molecule has 5 atom stereocenters. The van der Waals surface area contributed by atoms with Gasteiger partial charge in [0, 0.05) is 25.2 Å². The lowest BCUT2D eigenvalue weighted by atomic mass is 9.61. The number of nitrogens with one attached hydrogen (secondary N) is 1. The zero-order chi connectivity index (χ0) is 18.4. The molecule has 1 N–H and O–H groups in total. The molecule has 5 unspecified atom stereocenters. The summed E-state index contributed by atoms with van der Waals surface area (Å²) in [5.74, 6) is 3.84. The van der Waals surface area contributed by atoms with Crippen molar-refractivity contribution >= 4 is 11.4 Å². The number of likely N-dealkylation sites (tertiary alicyclic amines) is 1. The molecule has 0 bridgehead atoms. The molecule has 2 aliphatic heterocycles. The Morgan fingerprint density at radius 2 is 1.74 bits per heavy atom. The van der Waals surface area contributed by atoms with Crippen LogP contribution in [0.15, 0.2) is 24.3 Å². The van der Waals surface area contributed by atoms with Gasteiger partial charge in [-0.2, -0.15) is 0 Å². The Hall–Kier alpha value is -1.22. The van der Waals surface area contributed by atoms with Crippen LogP contribution in [0.1, 0.15) is 58.8 Å². The monoisotopic (exact) mass is 366 g/mol. The third-order valence-corrected chi connectivity index (χ3v) is 8.16. The van der Waals surface area contributed by atoms with Crippen LogP contribution in [0.25, 0.3) is 0 Å². The molecule has 1 saturated heterocycles. The van der Waals surface area contributed by atoms with Gasteiger partial charge in [-0.3, -0.25) is 4.90 Å². The van der Waals surface area contributed by atoms with Crippen molar-refractivity contribution in [1.29, 1.82) is 0 Å². The van der Waals surface area contributed by atoms with Gasteiger partial charge in [-0.1, -0.05) is 32.4 Å². The van der Waals surface area contributed by atoms with E-state index in [9.17, 15) is 0 Å². The fourth-order valence-electron chi connectivity index (χ4n) is 6.97. The highest BCUT2D eigenvalue weighted by atomic mass is 15.3. The molecule has 3 nitrogen and oxygen atoms in total. The molecule has 2 saturated carbocycles. The van der Waals surface area contributed by atoms with E-state index in [1.54, 1.807) is 0 Å². The van der Waals surface area contributed by atoms with E-state index in [1.807, 2.05) is 0 Å². The van der Waals surface area contributed by atoms with Crippen LogP contribution in [-0.4, -0.2) is 30.1 Å². The Bertz CT molecular complexity index is 651. The molecular formula is C24H36N3. The summed E-state index contributed by atoms with van der Waals surface area (Å²) in [6.45, 7) is 9.81. The number of hydrogen-bond donors (Lipinski definition) is 1. The van der Waals surface area contributed by atoms with Crippen LogP contribution in [0, 0.1) is 30.3 Å². The van der Waals surface area contributed by atoms with Crippen LogP contribution in [0.4, 0.5) is 11.4 Å². The van der Waals surface area contributed by atoms with E-state index >= 15 is 0 Å². The SMILES string of the molecule is CC1CC(C)C2CCCC(N3CCC(N4[CH]Nc5ccccc54)CC3)C2C1. The molecule has 2 aliphatic carbocycles. The lowest BCUT2D eigenvalue weighted by Gasteiger charge is -2.51. The smallest absolute Gasteiger partial charge is 0.139 e. The first-order chi connectivity index (χ1) is 13.2. The maximum atomic E-state index is 3.46. The summed E-state index contributed by atoms with van der Waals surface area (Å²) >= 11 is 0. The Morgan fingerprint density at radius 3 is 2.59 bits per heavy atom. The summed E-state index contributed by atoms with van der Waals surface area (Å²) in [5, 5.41) is 3.46. The van der Waals surface area contributed by atoms with Crippen molar-refractivity contribution in [3.8, 4) is 0 Å². The summed E-state index contributed by atoms with van der Waals surface area (Å²) < 4.78 is 0. The van der Waals surface area contributed by atoms with Crippen LogP contribution in [0.2, 0.25) is 0 Å². The van der Waals surface area contributed by atoms with Crippen LogP contribution in [-0.2, 0) is 0 Å². The topological polar surface area (TPSA) is 18.5 Å². The minimum absolute atomic E-state index is 0.654. The van der Waals surface area contributed by atoms with Gasteiger partial charge in [0.1, 0.15) is 6.67 Å². The third-order valence-electron chi connectivity index (χ3n) is 8.16. The van der Waals surface area contributed by atoms with Crippen LogP contribution < -0.4 is 10.2 Å². The van der Waals surface area contributed by atoms with E-state index in [0.29, 0.717) is 6.04 Å². The number of nitrogens with zero attached hydrogens (tertiary/aromatic N) is 2. The molecule has 3 heteroatoms. The Balaban J connectivity index is 1.24. The Morgan fingerprint density at radius 1 is 0.926 bits per heavy atom. The maximum Gasteiger partial charge on any atom is 0.139 e. The molecule has 1 radical (unpaired) electrons. The minimum atomic E-state index is 0.654. The fraction of sp³-hybridized carbons (Fsp3) is 0.708. The summed E-state index contributed by atoms with van der Waals surface area (Å²) in [6.07, 6.45) is 9.95. The van der Waals surface area contributed by atoms with Crippen molar-refractivity contribution in [2.75, 3.05) is 23.3 Å². The average molecular weight is 367 g/mol. The molecule has 2 heterocycles. The molecule has 1 aromatic carbocycles. The summed E-state index contributed by atoms with van der Waals surface area (Å²) in [4.78, 5) is 5.40. The summed E-state index contributed by atoms with van der Waals surface area (Å²) in [6, 6.07) is 10.2. The predicted octanol–water partition coefficient (Wildman–Crippen LogP) is 5.35. The van der Waals surface area contributed by atoms with Gasteiger partial charge in [0.2, 0.25) is 0 Å². The number of hydrogen-bond acceptors (Lipinski definition) is 3. The third kappa shape index (κ3) is 3.26. The average Bonchev–Trinajstić information content (AvgIpc) is 3.12.